The second-order valence-corrected chi connectivity index (χ2v) is 6.00. The van der Waals surface area contributed by atoms with E-state index in [2.05, 4.69) is 21.2 Å². The van der Waals surface area contributed by atoms with E-state index in [-0.39, 0.29) is 11.6 Å². The van der Waals surface area contributed by atoms with E-state index in [4.69, 9.17) is 0 Å². The maximum absolute atomic E-state index is 13.2. The van der Waals surface area contributed by atoms with E-state index in [0.29, 0.717) is 11.0 Å². The van der Waals surface area contributed by atoms with Gasteiger partial charge in [0, 0.05) is 11.0 Å². The molecule has 1 fully saturated rings. The van der Waals surface area contributed by atoms with Gasteiger partial charge in [-0.2, -0.15) is 0 Å². The van der Waals surface area contributed by atoms with Gasteiger partial charge < -0.3 is 15.3 Å². The molecular weight excluding hydrogens is 343 g/mol. The van der Waals surface area contributed by atoms with Crippen molar-refractivity contribution in [2.24, 2.45) is 5.92 Å². The number of amides is 2. The molecule has 114 valence electrons. The molecule has 1 aliphatic heterocycles. The molecule has 0 saturated carbocycles. The van der Waals surface area contributed by atoms with Crippen LogP contribution in [-0.4, -0.2) is 34.6 Å². The molecule has 1 aromatic rings. The van der Waals surface area contributed by atoms with Crippen molar-refractivity contribution in [3.05, 3.63) is 28.5 Å². The number of urea groups is 1. The lowest BCUT2D eigenvalue weighted by Gasteiger charge is -2.37. The molecule has 2 unspecified atom stereocenters. The number of rotatable bonds is 2. The molecule has 2 atom stereocenters. The molecule has 1 aliphatic rings. The van der Waals surface area contributed by atoms with Gasteiger partial charge >= 0.3 is 12.0 Å². The zero-order valence-electron chi connectivity index (χ0n) is 11.5. The molecule has 1 saturated heterocycles. The fourth-order valence-electron chi connectivity index (χ4n) is 2.57. The van der Waals surface area contributed by atoms with E-state index >= 15 is 0 Å². The van der Waals surface area contributed by atoms with Gasteiger partial charge in [0.25, 0.3) is 0 Å². The molecular formula is C14H16BrFN2O3. The third kappa shape index (κ3) is 3.53. The second-order valence-electron chi connectivity index (χ2n) is 5.15. The van der Waals surface area contributed by atoms with Crippen molar-refractivity contribution in [2.75, 3.05) is 11.9 Å². The standard InChI is InChI=1S/C14H16BrFN2O3/c1-8-3-2-6-18(12(8)13(19)20)14(21)17-11-7-9(16)4-5-10(11)15/h4-5,7-8,12H,2-3,6H2,1H3,(H,17,21)(H,19,20). The minimum atomic E-state index is -1.02. The second kappa shape index (κ2) is 6.43. The number of nitrogens with one attached hydrogen (secondary N) is 1. The van der Waals surface area contributed by atoms with E-state index < -0.39 is 23.9 Å². The van der Waals surface area contributed by atoms with Crippen LogP contribution in [-0.2, 0) is 4.79 Å². The molecule has 0 aromatic heterocycles. The number of carboxylic acid groups (broad SMARTS) is 1. The molecule has 2 N–H and O–H groups in total. The van der Waals surface area contributed by atoms with E-state index in [9.17, 15) is 19.1 Å². The first kappa shape index (κ1) is 15.8. The van der Waals surface area contributed by atoms with Gasteiger partial charge in [-0.25, -0.2) is 14.0 Å². The van der Waals surface area contributed by atoms with Crippen LogP contribution < -0.4 is 5.32 Å². The molecule has 0 spiro atoms. The molecule has 2 amide bonds. The third-order valence-electron chi connectivity index (χ3n) is 3.62. The number of carboxylic acids is 1. The quantitative estimate of drug-likeness (QED) is 0.851. The van der Waals surface area contributed by atoms with Crippen molar-refractivity contribution >= 4 is 33.6 Å². The van der Waals surface area contributed by atoms with Gasteiger partial charge in [-0.1, -0.05) is 6.92 Å². The monoisotopic (exact) mass is 358 g/mol. The number of hydrogen-bond acceptors (Lipinski definition) is 2. The first-order valence-electron chi connectivity index (χ1n) is 6.65. The first-order valence-corrected chi connectivity index (χ1v) is 7.45. The summed E-state index contributed by atoms with van der Waals surface area (Å²) in [6.45, 7) is 2.19. The summed E-state index contributed by atoms with van der Waals surface area (Å²) in [6.07, 6.45) is 1.52. The Hall–Kier alpha value is -1.63. The molecule has 0 radical (unpaired) electrons. The Labute approximate surface area is 130 Å². The first-order chi connectivity index (χ1) is 9.90. The average Bonchev–Trinajstić information content (AvgIpc) is 2.42. The van der Waals surface area contributed by atoms with Crippen LogP contribution in [0.2, 0.25) is 0 Å². The number of benzene rings is 1. The smallest absolute Gasteiger partial charge is 0.326 e. The highest BCUT2D eigenvalue weighted by atomic mass is 79.9. The molecule has 0 bridgehead atoms. The van der Waals surface area contributed by atoms with Crippen LogP contribution in [0.5, 0.6) is 0 Å². The Morgan fingerprint density at radius 3 is 2.86 bits per heavy atom. The summed E-state index contributed by atoms with van der Waals surface area (Å²) in [4.78, 5) is 25.0. The van der Waals surface area contributed by atoms with Gasteiger partial charge in [-0.05, 0) is 52.9 Å². The van der Waals surface area contributed by atoms with Crippen molar-refractivity contribution in [3.63, 3.8) is 0 Å². The highest BCUT2D eigenvalue weighted by molar-refractivity contribution is 9.10. The van der Waals surface area contributed by atoms with Gasteiger partial charge in [-0.15, -0.1) is 0 Å². The number of carbonyl (C=O) groups is 2. The van der Waals surface area contributed by atoms with Crippen LogP contribution in [0.1, 0.15) is 19.8 Å². The zero-order valence-corrected chi connectivity index (χ0v) is 13.1. The minimum absolute atomic E-state index is 0.113. The van der Waals surface area contributed by atoms with Gasteiger partial charge in [0.1, 0.15) is 11.9 Å². The van der Waals surface area contributed by atoms with Crippen molar-refractivity contribution < 1.29 is 19.1 Å². The Balaban J connectivity index is 2.18. The third-order valence-corrected chi connectivity index (χ3v) is 4.31. The number of anilines is 1. The van der Waals surface area contributed by atoms with Gasteiger partial charge in [0.15, 0.2) is 0 Å². The van der Waals surface area contributed by atoms with Gasteiger partial charge in [0.05, 0.1) is 5.69 Å². The summed E-state index contributed by atoms with van der Waals surface area (Å²) in [5.41, 5.74) is 0.280. The zero-order chi connectivity index (χ0) is 15.6. The van der Waals surface area contributed by atoms with E-state index in [0.717, 1.165) is 12.8 Å². The summed E-state index contributed by atoms with van der Waals surface area (Å²) < 4.78 is 13.8. The summed E-state index contributed by atoms with van der Waals surface area (Å²) in [5.74, 6) is -1.61. The summed E-state index contributed by atoms with van der Waals surface area (Å²) in [6, 6.07) is 2.55. The van der Waals surface area contributed by atoms with Crippen molar-refractivity contribution in [2.45, 2.75) is 25.8 Å². The molecule has 7 heteroatoms. The lowest BCUT2D eigenvalue weighted by atomic mass is 9.91. The fourth-order valence-corrected chi connectivity index (χ4v) is 2.92. The van der Waals surface area contributed by atoms with Crippen molar-refractivity contribution in [1.29, 1.82) is 0 Å². The summed E-state index contributed by atoms with van der Waals surface area (Å²) in [7, 11) is 0. The van der Waals surface area contributed by atoms with Crippen LogP contribution in [0.3, 0.4) is 0 Å². The molecule has 2 rings (SSSR count). The van der Waals surface area contributed by atoms with Crippen molar-refractivity contribution in [3.8, 4) is 0 Å². The molecule has 1 aromatic carbocycles. The van der Waals surface area contributed by atoms with Gasteiger partial charge in [-0.3, -0.25) is 0 Å². The average molecular weight is 359 g/mol. The summed E-state index contributed by atoms with van der Waals surface area (Å²) >= 11 is 3.22. The topological polar surface area (TPSA) is 69.6 Å². The molecule has 5 nitrogen and oxygen atoms in total. The normalized spacial score (nSPS) is 22.0. The lowest BCUT2D eigenvalue weighted by Crippen LogP contribution is -2.53. The van der Waals surface area contributed by atoms with E-state index in [1.165, 1.54) is 23.1 Å². The number of piperidine rings is 1. The fraction of sp³-hybridized carbons (Fsp3) is 0.429. The van der Waals surface area contributed by atoms with Crippen LogP contribution in [0, 0.1) is 11.7 Å². The predicted octanol–water partition coefficient (Wildman–Crippen LogP) is 3.31. The largest absolute Gasteiger partial charge is 0.480 e. The molecule has 1 heterocycles. The lowest BCUT2D eigenvalue weighted by molar-refractivity contribution is -0.145. The van der Waals surface area contributed by atoms with E-state index in [1.54, 1.807) is 0 Å². The van der Waals surface area contributed by atoms with Crippen LogP contribution in [0.4, 0.5) is 14.9 Å². The molecule has 0 aliphatic carbocycles. The molecule has 21 heavy (non-hydrogen) atoms. The Morgan fingerprint density at radius 2 is 2.19 bits per heavy atom. The SMILES string of the molecule is CC1CCCN(C(=O)Nc2cc(F)ccc2Br)C1C(=O)O. The number of likely N-dealkylation sites (tertiary alicyclic amines) is 1. The Bertz CT molecular complexity index is 567. The summed E-state index contributed by atoms with van der Waals surface area (Å²) in [5, 5.41) is 11.9. The highest BCUT2D eigenvalue weighted by Crippen LogP contribution is 2.27. The maximum atomic E-state index is 13.2. The number of aliphatic carboxylic acids is 1. The number of nitrogens with zero attached hydrogens (tertiary/aromatic N) is 1. The number of halogens is 2. The highest BCUT2D eigenvalue weighted by Gasteiger charge is 2.37. The minimum Gasteiger partial charge on any atom is -0.480 e. The predicted molar refractivity (Wildman–Crippen MR) is 79.6 cm³/mol. The van der Waals surface area contributed by atoms with Crippen LogP contribution in [0.15, 0.2) is 22.7 Å². The number of carbonyl (C=O) groups excluding carboxylic acids is 1. The Morgan fingerprint density at radius 1 is 1.48 bits per heavy atom. The van der Waals surface area contributed by atoms with Crippen LogP contribution >= 0.6 is 15.9 Å². The number of hydrogen-bond donors (Lipinski definition) is 2. The van der Waals surface area contributed by atoms with Crippen LogP contribution in [0.25, 0.3) is 0 Å². The van der Waals surface area contributed by atoms with Crippen molar-refractivity contribution in [1.82, 2.24) is 4.90 Å². The maximum Gasteiger partial charge on any atom is 0.326 e. The van der Waals surface area contributed by atoms with E-state index in [1.807, 2.05) is 6.92 Å². The van der Waals surface area contributed by atoms with Gasteiger partial charge in [0.2, 0.25) is 0 Å². The Kier molecular flexibility index (Phi) is 4.82.